The van der Waals surface area contributed by atoms with E-state index in [-0.39, 0.29) is 12.3 Å². The quantitative estimate of drug-likeness (QED) is 0.661. The lowest BCUT2D eigenvalue weighted by Crippen LogP contribution is -2.42. The molecule has 1 atom stereocenters. The summed E-state index contributed by atoms with van der Waals surface area (Å²) in [5.41, 5.74) is 1.25. The van der Waals surface area contributed by atoms with Crippen LogP contribution in [0.1, 0.15) is 19.8 Å². The Morgan fingerprint density at radius 2 is 2.06 bits per heavy atom. The maximum Gasteiger partial charge on any atom is 0.414 e. The highest BCUT2D eigenvalue weighted by Crippen LogP contribution is 2.30. The van der Waals surface area contributed by atoms with Crippen molar-refractivity contribution in [3.05, 3.63) is 42.3 Å². The Morgan fingerprint density at radius 3 is 2.68 bits per heavy atom. The Bertz CT molecular complexity index is 1120. The lowest BCUT2D eigenvalue weighted by Gasteiger charge is -2.27. The highest BCUT2D eigenvalue weighted by Gasteiger charge is 2.32. The number of benzene rings is 1. The van der Waals surface area contributed by atoms with Crippen LogP contribution in [0.25, 0.3) is 11.1 Å². The highest BCUT2D eigenvalue weighted by molar-refractivity contribution is 5.90. The number of ether oxygens (including phenoxy) is 1. The van der Waals surface area contributed by atoms with Gasteiger partial charge in [0.1, 0.15) is 36.5 Å². The number of halogens is 1. The van der Waals surface area contributed by atoms with Crippen LogP contribution in [0.2, 0.25) is 0 Å². The van der Waals surface area contributed by atoms with Crippen LogP contribution < -0.4 is 9.91 Å². The molecule has 1 fully saturated rings. The van der Waals surface area contributed by atoms with E-state index in [1.807, 2.05) is 0 Å². The largest absolute Gasteiger partial charge is 0.444 e. The standard InChI is InChI=1S/C23H24FN5O5/c1-15(31)2-5-18-12-28(23(33)34-18)17-4-6-19(20(24)10-17)16-3-7-21(25-11-16)29-9-8-27(14-26-29)22(32)13-30/h3-4,6-7,10-11,14,18,30H,2,5,8-9,12-13H2,1H3/t18-/m0/s1. The first-order valence-electron chi connectivity index (χ1n) is 10.8. The second-order valence-corrected chi connectivity index (χ2v) is 8.03. The van der Waals surface area contributed by atoms with Gasteiger partial charge in [-0.1, -0.05) is 0 Å². The van der Waals surface area contributed by atoms with Crippen molar-refractivity contribution in [3.63, 3.8) is 0 Å². The number of aromatic nitrogens is 1. The van der Waals surface area contributed by atoms with Crippen molar-refractivity contribution >= 4 is 35.6 Å². The highest BCUT2D eigenvalue weighted by atomic mass is 19.1. The van der Waals surface area contributed by atoms with Gasteiger partial charge < -0.3 is 14.6 Å². The number of carbonyl (C=O) groups is 3. The van der Waals surface area contributed by atoms with Gasteiger partial charge in [0.15, 0.2) is 0 Å². The Morgan fingerprint density at radius 1 is 1.24 bits per heavy atom. The number of aliphatic hydroxyl groups excluding tert-OH is 1. The fourth-order valence-electron chi connectivity index (χ4n) is 3.75. The van der Waals surface area contributed by atoms with Gasteiger partial charge in [0.2, 0.25) is 0 Å². The summed E-state index contributed by atoms with van der Waals surface area (Å²) >= 11 is 0. The first-order valence-corrected chi connectivity index (χ1v) is 10.8. The van der Waals surface area contributed by atoms with Gasteiger partial charge in [-0.05, 0) is 43.7 Å². The molecule has 1 N–H and O–H groups in total. The lowest BCUT2D eigenvalue weighted by molar-refractivity contribution is -0.130. The maximum atomic E-state index is 14.9. The minimum atomic E-state index is -0.581. The number of ketones is 1. The number of hydrazone groups is 1. The van der Waals surface area contributed by atoms with Crippen LogP contribution in [0.5, 0.6) is 0 Å². The van der Waals surface area contributed by atoms with Gasteiger partial charge in [-0.15, -0.1) is 0 Å². The smallest absolute Gasteiger partial charge is 0.414 e. The minimum absolute atomic E-state index is 0.0235. The Balaban J connectivity index is 1.44. The number of nitrogens with zero attached hydrogens (tertiary/aromatic N) is 5. The molecular formula is C23H24FN5O5. The number of amides is 2. The molecule has 0 bridgehead atoms. The number of cyclic esters (lactones) is 1. The molecule has 2 aromatic rings. The number of Topliss-reactive ketones (excluding diaryl/α,β-unsaturated/α-hetero) is 1. The molecule has 34 heavy (non-hydrogen) atoms. The van der Waals surface area contributed by atoms with Gasteiger partial charge in [0.05, 0.1) is 18.8 Å². The molecule has 1 aromatic heterocycles. The van der Waals surface area contributed by atoms with Crippen LogP contribution in [0, 0.1) is 5.82 Å². The van der Waals surface area contributed by atoms with E-state index in [9.17, 15) is 18.8 Å². The van der Waals surface area contributed by atoms with E-state index in [0.29, 0.717) is 48.6 Å². The third kappa shape index (κ3) is 5.04. The van der Waals surface area contributed by atoms with Crippen LogP contribution in [-0.2, 0) is 14.3 Å². The number of hydrogen-bond donors (Lipinski definition) is 1. The normalized spacial score (nSPS) is 17.8. The van der Waals surface area contributed by atoms with E-state index < -0.39 is 30.5 Å². The van der Waals surface area contributed by atoms with Crippen LogP contribution in [-0.4, -0.2) is 71.5 Å². The van der Waals surface area contributed by atoms with E-state index in [4.69, 9.17) is 9.84 Å². The monoisotopic (exact) mass is 469 g/mol. The summed E-state index contributed by atoms with van der Waals surface area (Å²) in [4.78, 5) is 41.9. The third-order valence-electron chi connectivity index (χ3n) is 5.62. The molecule has 4 rings (SSSR count). The molecule has 0 saturated carbocycles. The Hall–Kier alpha value is -3.86. The summed E-state index contributed by atoms with van der Waals surface area (Å²) in [6.07, 6.45) is 2.66. The molecule has 1 aromatic carbocycles. The summed E-state index contributed by atoms with van der Waals surface area (Å²) in [5.74, 6) is -0.388. The maximum absolute atomic E-state index is 14.9. The first kappa shape index (κ1) is 23.3. The fourth-order valence-corrected chi connectivity index (χ4v) is 3.75. The van der Waals surface area contributed by atoms with Crippen LogP contribution >= 0.6 is 0 Å². The number of rotatable bonds is 7. The number of pyridine rings is 1. The molecular weight excluding hydrogens is 445 g/mol. The average molecular weight is 469 g/mol. The van der Waals surface area contributed by atoms with Gasteiger partial charge in [0.25, 0.3) is 5.91 Å². The fraction of sp³-hybridized carbons (Fsp3) is 0.348. The van der Waals surface area contributed by atoms with Crippen molar-refractivity contribution < 1.29 is 28.6 Å². The molecule has 10 nitrogen and oxygen atoms in total. The Labute approximate surface area is 195 Å². The van der Waals surface area contributed by atoms with Gasteiger partial charge >= 0.3 is 6.09 Å². The molecule has 3 heterocycles. The molecule has 178 valence electrons. The van der Waals surface area contributed by atoms with Crippen LogP contribution in [0.4, 0.5) is 20.7 Å². The van der Waals surface area contributed by atoms with Crippen molar-refractivity contribution in [2.75, 3.05) is 36.1 Å². The SMILES string of the molecule is CC(=O)CC[C@H]1CN(c2ccc(-c3ccc(N4CCN(C(=O)CO)C=N4)nc3)c(F)c2)C(=O)O1. The molecule has 0 aliphatic carbocycles. The van der Waals surface area contributed by atoms with Gasteiger partial charge in [-0.2, -0.15) is 5.10 Å². The zero-order valence-corrected chi connectivity index (χ0v) is 18.6. The first-order chi connectivity index (χ1) is 16.4. The predicted octanol–water partition coefficient (Wildman–Crippen LogP) is 2.17. The molecule has 1 saturated heterocycles. The van der Waals surface area contributed by atoms with Gasteiger partial charge in [0, 0.05) is 30.3 Å². The molecule has 2 aliphatic heterocycles. The van der Waals surface area contributed by atoms with Crippen LogP contribution in [0.3, 0.4) is 0 Å². The number of aliphatic hydroxyl groups is 1. The average Bonchev–Trinajstić information content (AvgIpc) is 3.23. The molecule has 2 amide bonds. The number of carbonyl (C=O) groups excluding carboxylic acids is 3. The third-order valence-corrected chi connectivity index (χ3v) is 5.62. The van der Waals surface area contributed by atoms with Crippen molar-refractivity contribution in [2.24, 2.45) is 5.10 Å². The molecule has 11 heteroatoms. The van der Waals surface area contributed by atoms with E-state index in [2.05, 4.69) is 10.1 Å². The minimum Gasteiger partial charge on any atom is -0.444 e. The zero-order valence-electron chi connectivity index (χ0n) is 18.6. The van der Waals surface area contributed by atoms with E-state index in [1.54, 1.807) is 29.3 Å². The Kier molecular flexibility index (Phi) is 6.82. The van der Waals surface area contributed by atoms with Crippen molar-refractivity contribution in [3.8, 4) is 11.1 Å². The van der Waals surface area contributed by atoms with Gasteiger partial charge in [-0.25, -0.2) is 19.2 Å². The molecule has 0 unspecified atom stereocenters. The predicted molar refractivity (Wildman–Crippen MR) is 122 cm³/mol. The number of anilines is 2. The summed E-state index contributed by atoms with van der Waals surface area (Å²) < 4.78 is 20.2. The second kappa shape index (κ2) is 9.96. The summed E-state index contributed by atoms with van der Waals surface area (Å²) in [6, 6.07) is 7.90. The molecule has 0 radical (unpaired) electrons. The molecule has 0 spiro atoms. The summed E-state index contributed by atoms with van der Waals surface area (Å²) in [6.45, 7) is 1.92. The van der Waals surface area contributed by atoms with Gasteiger partial charge in [-0.3, -0.25) is 14.6 Å². The van der Waals surface area contributed by atoms with Crippen molar-refractivity contribution in [1.82, 2.24) is 9.88 Å². The number of hydrogen-bond acceptors (Lipinski definition) is 8. The molecule has 2 aliphatic rings. The summed E-state index contributed by atoms with van der Waals surface area (Å²) in [7, 11) is 0. The second-order valence-electron chi connectivity index (χ2n) is 8.03. The van der Waals surface area contributed by atoms with E-state index in [1.165, 1.54) is 35.3 Å². The summed E-state index contributed by atoms with van der Waals surface area (Å²) in [5, 5.41) is 14.7. The van der Waals surface area contributed by atoms with E-state index >= 15 is 0 Å². The zero-order chi connectivity index (χ0) is 24.2. The lowest BCUT2D eigenvalue weighted by atomic mass is 10.1. The van der Waals surface area contributed by atoms with Crippen molar-refractivity contribution in [2.45, 2.75) is 25.9 Å². The van der Waals surface area contributed by atoms with E-state index in [0.717, 1.165) is 0 Å². The topological polar surface area (TPSA) is 116 Å². The van der Waals surface area contributed by atoms with Crippen molar-refractivity contribution in [1.29, 1.82) is 0 Å². The van der Waals surface area contributed by atoms with Crippen LogP contribution in [0.15, 0.2) is 41.6 Å².